The highest BCUT2D eigenvalue weighted by molar-refractivity contribution is 5.66. The van der Waals surface area contributed by atoms with Gasteiger partial charge in [0.05, 0.1) is 0 Å². The molecule has 5 aliphatic rings. The van der Waals surface area contributed by atoms with Crippen LogP contribution in [0.4, 0.5) is 0 Å². The van der Waals surface area contributed by atoms with Crippen molar-refractivity contribution in [1.29, 1.82) is 0 Å². The minimum absolute atomic E-state index is 0.0537. The summed E-state index contributed by atoms with van der Waals surface area (Å²) in [7, 11) is 0. The Morgan fingerprint density at radius 2 is 1.44 bits per heavy atom. The van der Waals surface area contributed by atoms with Crippen LogP contribution in [0.5, 0.6) is 0 Å². The van der Waals surface area contributed by atoms with E-state index in [1.54, 1.807) is 6.92 Å². The molecule has 0 amide bonds. The molecule has 2 heteroatoms. The van der Waals surface area contributed by atoms with E-state index in [0.29, 0.717) is 33.0 Å². The predicted octanol–water partition coefficient (Wildman–Crippen LogP) is 8.88. The minimum Gasteiger partial charge on any atom is -0.462 e. The number of ether oxygens (including phenoxy) is 1. The number of carbonyl (C=O) groups is 1. The Balaban J connectivity index is 1.54. The number of carbonyl (C=O) groups excluding carboxylic acids is 1. The van der Waals surface area contributed by atoms with Crippen LogP contribution in [0, 0.1) is 44.3 Å². The van der Waals surface area contributed by atoms with Gasteiger partial charge in [0.1, 0.15) is 6.10 Å². The van der Waals surface area contributed by atoms with Gasteiger partial charge in [-0.1, -0.05) is 66.5 Å². The summed E-state index contributed by atoms with van der Waals surface area (Å²) < 4.78 is 5.91. The third kappa shape index (κ3) is 3.21. The number of fused-ring (bicyclic) bond motifs is 6. The van der Waals surface area contributed by atoms with Crippen LogP contribution in [0.25, 0.3) is 0 Å². The van der Waals surface area contributed by atoms with Gasteiger partial charge >= 0.3 is 5.97 Å². The second kappa shape index (κ2) is 7.38. The van der Waals surface area contributed by atoms with Crippen LogP contribution in [0.2, 0.25) is 0 Å². The van der Waals surface area contributed by atoms with Gasteiger partial charge in [-0.3, -0.25) is 4.79 Å². The minimum atomic E-state index is -0.107. The first-order valence-electron chi connectivity index (χ1n) is 14.5. The molecule has 4 saturated carbocycles. The van der Waals surface area contributed by atoms with Crippen molar-refractivity contribution >= 4 is 5.97 Å². The van der Waals surface area contributed by atoms with E-state index in [2.05, 4.69) is 55.4 Å². The SMILES string of the molecule is CC(=O)O[C@H]1CC[C@@]2(C)C(CC[C@]3(C)[C@@H]2CCC2=C4CC(C)(C)CC[C@]4(C)CC[C@]23C)C1(C)C. The maximum Gasteiger partial charge on any atom is 0.302 e. The zero-order chi connectivity index (χ0) is 24.9. The Labute approximate surface area is 210 Å². The molecule has 0 bridgehead atoms. The topological polar surface area (TPSA) is 26.3 Å². The molecule has 0 heterocycles. The van der Waals surface area contributed by atoms with Crippen molar-refractivity contribution in [2.75, 3.05) is 0 Å². The molecule has 2 nitrogen and oxygen atoms in total. The first-order valence-corrected chi connectivity index (χ1v) is 14.5. The van der Waals surface area contributed by atoms with E-state index in [4.69, 9.17) is 4.74 Å². The lowest BCUT2D eigenvalue weighted by molar-refractivity contribution is -0.213. The van der Waals surface area contributed by atoms with Gasteiger partial charge in [-0.25, -0.2) is 0 Å². The fraction of sp³-hybridized carbons (Fsp3) is 0.906. The van der Waals surface area contributed by atoms with Crippen molar-refractivity contribution in [2.24, 2.45) is 44.3 Å². The van der Waals surface area contributed by atoms with Crippen LogP contribution in [0.1, 0.15) is 133 Å². The highest BCUT2D eigenvalue weighted by Gasteiger charge is 2.67. The lowest BCUT2D eigenvalue weighted by Gasteiger charge is -2.71. The molecule has 4 fully saturated rings. The van der Waals surface area contributed by atoms with Crippen LogP contribution in [0.3, 0.4) is 0 Å². The largest absolute Gasteiger partial charge is 0.462 e. The maximum absolute atomic E-state index is 11.9. The summed E-state index contributed by atoms with van der Waals surface area (Å²) in [6, 6.07) is 0. The molecule has 0 saturated heterocycles. The standard InChI is InChI=1S/C32H52O2/c1-21(33)34-26-13-14-30(7)24(28(26,4)5)12-15-32(9)25(30)11-10-22-23-20-27(2,3)16-17-29(23,6)18-19-31(22,32)8/h24-26H,10-20H2,1-9H3/t24?,25-,26+,29-,30+,31-,32-/m1/s1. The molecule has 5 rings (SSSR count). The molecule has 0 radical (unpaired) electrons. The lowest BCUT2D eigenvalue weighted by Crippen LogP contribution is -2.64. The number of allylic oxidation sites excluding steroid dienone is 2. The molecule has 0 spiro atoms. The van der Waals surface area contributed by atoms with Crippen molar-refractivity contribution in [1.82, 2.24) is 0 Å². The summed E-state index contributed by atoms with van der Waals surface area (Å²) in [4.78, 5) is 11.9. The monoisotopic (exact) mass is 468 g/mol. The van der Waals surface area contributed by atoms with Crippen LogP contribution < -0.4 is 0 Å². The maximum atomic E-state index is 11.9. The Morgan fingerprint density at radius 1 is 0.765 bits per heavy atom. The summed E-state index contributed by atoms with van der Waals surface area (Å²) in [5.41, 5.74) is 5.84. The fourth-order valence-electron chi connectivity index (χ4n) is 10.9. The molecular formula is C32H52O2. The Bertz CT molecular complexity index is 910. The number of hydrogen-bond donors (Lipinski definition) is 0. The van der Waals surface area contributed by atoms with Gasteiger partial charge in [-0.15, -0.1) is 0 Å². The zero-order valence-electron chi connectivity index (χ0n) is 23.8. The average Bonchev–Trinajstić information content (AvgIpc) is 2.72. The molecular weight excluding hydrogens is 416 g/mol. The third-order valence-electron chi connectivity index (χ3n) is 13.2. The number of esters is 1. The Morgan fingerprint density at radius 3 is 2.12 bits per heavy atom. The first kappa shape index (κ1) is 24.9. The Kier molecular flexibility index (Phi) is 5.40. The van der Waals surface area contributed by atoms with Gasteiger partial charge in [-0.05, 0) is 110 Å². The zero-order valence-corrected chi connectivity index (χ0v) is 23.8. The molecule has 0 aromatic rings. The fourth-order valence-corrected chi connectivity index (χ4v) is 10.9. The summed E-state index contributed by atoms with van der Waals surface area (Å²) >= 11 is 0. The van der Waals surface area contributed by atoms with E-state index < -0.39 is 0 Å². The third-order valence-corrected chi connectivity index (χ3v) is 13.2. The first-order chi connectivity index (χ1) is 15.6. The summed E-state index contributed by atoms with van der Waals surface area (Å²) in [5.74, 6) is 1.30. The second-order valence-electron chi connectivity index (χ2n) is 15.8. The van der Waals surface area contributed by atoms with E-state index in [9.17, 15) is 4.79 Å². The molecule has 0 aromatic heterocycles. The summed E-state index contributed by atoms with van der Waals surface area (Å²) in [6.45, 7) is 22.1. The van der Waals surface area contributed by atoms with Gasteiger partial charge in [-0.2, -0.15) is 0 Å². The highest BCUT2D eigenvalue weighted by Crippen LogP contribution is 2.75. The van der Waals surface area contributed by atoms with Crippen LogP contribution in [-0.2, 0) is 9.53 Å². The second-order valence-corrected chi connectivity index (χ2v) is 15.8. The number of rotatable bonds is 1. The molecule has 0 aliphatic heterocycles. The van der Waals surface area contributed by atoms with Crippen LogP contribution >= 0.6 is 0 Å². The Hall–Kier alpha value is -0.790. The van der Waals surface area contributed by atoms with E-state index in [1.165, 1.54) is 64.2 Å². The van der Waals surface area contributed by atoms with Gasteiger partial charge < -0.3 is 4.74 Å². The van der Waals surface area contributed by atoms with Crippen molar-refractivity contribution < 1.29 is 9.53 Å². The van der Waals surface area contributed by atoms with E-state index >= 15 is 0 Å². The van der Waals surface area contributed by atoms with Gasteiger partial charge in [0.15, 0.2) is 0 Å². The normalized spacial score (nSPS) is 49.3. The predicted molar refractivity (Wildman–Crippen MR) is 140 cm³/mol. The smallest absolute Gasteiger partial charge is 0.302 e. The summed E-state index contributed by atoms with van der Waals surface area (Å²) in [6.07, 6.45) is 14.5. The van der Waals surface area contributed by atoms with E-state index in [0.717, 1.165) is 12.3 Å². The van der Waals surface area contributed by atoms with Crippen molar-refractivity contribution in [2.45, 2.75) is 139 Å². The summed E-state index contributed by atoms with van der Waals surface area (Å²) in [5, 5.41) is 0. The van der Waals surface area contributed by atoms with Gasteiger partial charge in [0.2, 0.25) is 0 Å². The lowest BCUT2D eigenvalue weighted by atomic mass is 9.34. The highest BCUT2D eigenvalue weighted by atomic mass is 16.5. The van der Waals surface area contributed by atoms with E-state index in [-0.39, 0.29) is 17.5 Å². The van der Waals surface area contributed by atoms with Gasteiger partial charge in [0, 0.05) is 12.3 Å². The van der Waals surface area contributed by atoms with Crippen molar-refractivity contribution in [3.63, 3.8) is 0 Å². The van der Waals surface area contributed by atoms with Gasteiger partial charge in [0.25, 0.3) is 0 Å². The van der Waals surface area contributed by atoms with E-state index in [1.807, 2.05) is 11.1 Å². The van der Waals surface area contributed by atoms with Crippen molar-refractivity contribution in [3.05, 3.63) is 11.1 Å². The molecule has 0 aromatic carbocycles. The molecule has 1 unspecified atom stereocenters. The molecule has 7 atom stereocenters. The number of hydrogen-bond acceptors (Lipinski definition) is 2. The molecule has 5 aliphatic carbocycles. The average molecular weight is 469 g/mol. The molecule has 192 valence electrons. The van der Waals surface area contributed by atoms with Crippen molar-refractivity contribution in [3.8, 4) is 0 Å². The quantitative estimate of drug-likeness (QED) is 0.284. The van der Waals surface area contributed by atoms with Crippen LogP contribution in [-0.4, -0.2) is 12.1 Å². The van der Waals surface area contributed by atoms with Crippen LogP contribution in [0.15, 0.2) is 11.1 Å². The molecule has 0 N–H and O–H groups in total. The molecule has 34 heavy (non-hydrogen) atoms.